The summed E-state index contributed by atoms with van der Waals surface area (Å²) in [6.07, 6.45) is 1.71. The van der Waals surface area contributed by atoms with Crippen molar-refractivity contribution in [1.82, 2.24) is 14.9 Å². The van der Waals surface area contributed by atoms with Gasteiger partial charge in [-0.1, -0.05) is 0 Å². The Balaban J connectivity index is 1.31. The molecule has 0 bridgehead atoms. The highest BCUT2D eigenvalue weighted by molar-refractivity contribution is 7.89. The van der Waals surface area contributed by atoms with Crippen LogP contribution in [0.15, 0.2) is 35.4 Å². The molecule has 0 unspecified atom stereocenters. The average molecular weight is 421 g/mol. The maximum Gasteiger partial charge on any atom is 0.240 e. The minimum absolute atomic E-state index is 0.135. The van der Waals surface area contributed by atoms with Crippen LogP contribution in [-0.4, -0.2) is 71.2 Å². The van der Waals surface area contributed by atoms with Gasteiger partial charge in [0.05, 0.1) is 30.0 Å². The van der Waals surface area contributed by atoms with Crippen molar-refractivity contribution in [2.75, 3.05) is 62.8 Å². The lowest BCUT2D eigenvalue weighted by Crippen LogP contribution is -2.36. The molecule has 1 aromatic carbocycles. The number of rotatable bonds is 7. The van der Waals surface area contributed by atoms with Gasteiger partial charge in [-0.3, -0.25) is 0 Å². The molecule has 0 spiro atoms. The molecule has 0 amide bonds. The van der Waals surface area contributed by atoms with Gasteiger partial charge < -0.3 is 24.4 Å². The Morgan fingerprint density at radius 3 is 2.62 bits per heavy atom. The van der Waals surface area contributed by atoms with Crippen LogP contribution < -0.4 is 24.4 Å². The Morgan fingerprint density at radius 1 is 1.00 bits per heavy atom. The minimum Gasteiger partial charge on any atom is -0.486 e. The standard InChI is InChI=1S/C18H23N5O5S/c24-29(25,15-1-2-16-17(12-15)28-10-9-27-16)21-4-3-19-18-11-14(13-20-22-18)23-5-7-26-8-6-23/h1-2,11-13,21H,3-10H2,(H,19,22). The molecule has 3 heterocycles. The number of fused-ring (bicyclic) bond motifs is 1. The fraction of sp³-hybridized carbons (Fsp3) is 0.444. The summed E-state index contributed by atoms with van der Waals surface area (Å²) in [5, 5.41) is 11.2. The first-order valence-corrected chi connectivity index (χ1v) is 10.9. The quantitative estimate of drug-likeness (QED) is 0.616. The minimum atomic E-state index is -3.66. The largest absolute Gasteiger partial charge is 0.486 e. The molecule has 0 atom stereocenters. The SMILES string of the molecule is O=S(=O)(NCCNc1cc(N2CCOCC2)cnn1)c1ccc2c(c1)OCCO2. The van der Waals surface area contributed by atoms with E-state index >= 15 is 0 Å². The summed E-state index contributed by atoms with van der Waals surface area (Å²) < 4.78 is 43.8. The van der Waals surface area contributed by atoms with E-state index in [9.17, 15) is 8.42 Å². The van der Waals surface area contributed by atoms with E-state index < -0.39 is 10.0 Å². The first-order chi connectivity index (χ1) is 14.1. The number of aromatic nitrogens is 2. The second-order valence-corrected chi connectivity index (χ2v) is 8.30. The molecule has 4 rings (SSSR count). The van der Waals surface area contributed by atoms with Crippen LogP contribution in [0.1, 0.15) is 0 Å². The smallest absolute Gasteiger partial charge is 0.240 e. The van der Waals surface area contributed by atoms with E-state index in [1.54, 1.807) is 12.3 Å². The van der Waals surface area contributed by atoms with Crippen molar-refractivity contribution in [2.45, 2.75) is 4.90 Å². The number of nitrogens with zero attached hydrogens (tertiary/aromatic N) is 3. The second-order valence-electron chi connectivity index (χ2n) is 6.53. The lowest BCUT2D eigenvalue weighted by Gasteiger charge is -2.28. The van der Waals surface area contributed by atoms with Crippen LogP contribution in [0.4, 0.5) is 11.5 Å². The highest BCUT2D eigenvalue weighted by Gasteiger charge is 2.19. The zero-order valence-corrected chi connectivity index (χ0v) is 16.7. The first-order valence-electron chi connectivity index (χ1n) is 9.40. The summed E-state index contributed by atoms with van der Waals surface area (Å²) in [5.74, 6) is 1.58. The Morgan fingerprint density at radius 2 is 1.79 bits per heavy atom. The number of anilines is 2. The monoisotopic (exact) mass is 421 g/mol. The van der Waals surface area contributed by atoms with Crippen molar-refractivity contribution in [2.24, 2.45) is 0 Å². The van der Waals surface area contributed by atoms with Crippen molar-refractivity contribution in [1.29, 1.82) is 0 Å². The molecule has 2 aromatic rings. The van der Waals surface area contributed by atoms with E-state index in [0.29, 0.717) is 50.3 Å². The van der Waals surface area contributed by atoms with Gasteiger partial charge in [-0.05, 0) is 12.1 Å². The number of benzene rings is 1. The van der Waals surface area contributed by atoms with E-state index in [1.165, 1.54) is 12.1 Å². The normalized spacial score (nSPS) is 16.5. The number of hydrogen-bond acceptors (Lipinski definition) is 9. The second kappa shape index (κ2) is 8.80. The van der Waals surface area contributed by atoms with Crippen molar-refractivity contribution in [3.05, 3.63) is 30.5 Å². The van der Waals surface area contributed by atoms with Crippen LogP contribution in [-0.2, 0) is 14.8 Å². The van der Waals surface area contributed by atoms with E-state index in [0.717, 1.165) is 18.8 Å². The highest BCUT2D eigenvalue weighted by Crippen LogP contribution is 2.32. The number of morpholine rings is 1. The Kier molecular flexibility index (Phi) is 5.97. The molecular weight excluding hydrogens is 398 g/mol. The van der Waals surface area contributed by atoms with Crippen LogP contribution in [0, 0.1) is 0 Å². The van der Waals surface area contributed by atoms with Gasteiger partial charge in [0.15, 0.2) is 17.3 Å². The van der Waals surface area contributed by atoms with E-state index in [1.807, 2.05) is 6.07 Å². The van der Waals surface area contributed by atoms with Crippen molar-refractivity contribution in [3.63, 3.8) is 0 Å². The van der Waals surface area contributed by atoms with Crippen LogP contribution in [0.2, 0.25) is 0 Å². The molecule has 2 aliphatic heterocycles. The van der Waals surface area contributed by atoms with Gasteiger partial charge in [0, 0.05) is 38.3 Å². The molecule has 0 saturated carbocycles. The molecule has 0 radical (unpaired) electrons. The maximum atomic E-state index is 12.5. The van der Waals surface area contributed by atoms with Gasteiger partial charge in [-0.15, -0.1) is 5.10 Å². The highest BCUT2D eigenvalue weighted by atomic mass is 32.2. The van der Waals surface area contributed by atoms with Gasteiger partial charge in [0.2, 0.25) is 10.0 Å². The van der Waals surface area contributed by atoms with Gasteiger partial charge in [-0.25, -0.2) is 13.1 Å². The maximum absolute atomic E-state index is 12.5. The molecule has 29 heavy (non-hydrogen) atoms. The molecular formula is C18H23N5O5S. The van der Waals surface area contributed by atoms with Crippen molar-refractivity contribution in [3.8, 4) is 11.5 Å². The lowest BCUT2D eigenvalue weighted by atomic mass is 10.3. The summed E-state index contributed by atoms with van der Waals surface area (Å²) in [4.78, 5) is 2.31. The summed E-state index contributed by atoms with van der Waals surface area (Å²) in [7, 11) is -3.66. The first kappa shape index (κ1) is 19.7. The third-order valence-corrected chi connectivity index (χ3v) is 6.02. The van der Waals surface area contributed by atoms with Crippen molar-refractivity contribution < 1.29 is 22.6 Å². The molecule has 2 aliphatic rings. The van der Waals surface area contributed by atoms with Crippen LogP contribution in [0.3, 0.4) is 0 Å². The molecule has 0 aliphatic carbocycles. The molecule has 11 heteroatoms. The van der Waals surface area contributed by atoms with Crippen LogP contribution in [0.5, 0.6) is 11.5 Å². The van der Waals surface area contributed by atoms with E-state index in [4.69, 9.17) is 14.2 Å². The predicted octanol–water partition coefficient (Wildman–Crippen LogP) is 0.475. The topological polar surface area (TPSA) is 115 Å². The molecule has 10 nitrogen and oxygen atoms in total. The molecule has 1 saturated heterocycles. The molecule has 2 N–H and O–H groups in total. The number of sulfonamides is 1. The zero-order valence-electron chi connectivity index (χ0n) is 15.8. The van der Waals surface area contributed by atoms with Gasteiger partial charge >= 0.3 is 0 Å². The summed E-state index contributed by atoms with van der Waals surface area (Å²) >= 11 is 0. The predicted molar refractivity (Wildman–Crippen MR) is 106 cm³/mol. The van der Waals surface area contributed by atoms with Crippen LogP contribution >= 0.6 is 0 Å². The summed E-state index contributed by atoms with van der Waals surface area (Å²) in [6.45, 7) is 4.41. The Hall–Kier alpha value is -2.63. The molecule has 156 valence electrons. The number of ether oxygens (including phenoxy) is 3. The summed E-state index contributed by atoms with van der Waals surface area (Å²) in [6, 6.07) is 6.48. The molecule has 1 fully saturated rings. The fourth-order valence-electron chi connectivity index (χ4n) is 3.09. The Labute approximate surface area is 169 Å². The molecule has 1 aromatic heterocycles. The Bertz CT molecular complexity index is 949. The van der Waals surface area contributed by atoms with E-state index in [2.05, 4.69) is 25.1 Å². The third-order valence-electron chi connectivity index (χ3n) is 4.56. The van der Waals surface area contributed by atoms with Gasteiger partial charge in [0.1, 0.15) is 13.2 Å². The zero-order chi connectivity index (χ0) is 20.1. The number of hydrogen-bond donors (Lipinski definition) is 2. The van der Waals surface area contributed by atoms with Crippen molar-refractivity contribution >= 4 is 21.5 Å². The van der Waals surface area contributed by atoms with Gasteiger partial charge in [-0.2, -0.15) is 5.10 Å². The fourth-order valence-corrected chi connectivity index (χ4v) is 4.13. The lowest BCUT2D eigenvalue weighted by molar-refractivity contribution is 0.122. The third kappa shape index (κ3) is 4.86. The van der Waals surface area contributed by atoms with Gasteiger partial charge in [0.25, 0.3) is 0 Å². The summed E-state index contributed by atoms with van der Waals surface area (Å²) in [5.41, 5.74) is 0.961. The average Bonchev–Trinajstić information content (AvgIpc) is 2.77. The van der Waals surface area contributed by atoms with E-state index in [-0.39, 0.29) is 11.4 Å². The number of nitrogens with one attached hydrogen (secondary N) is 2. The van der Waals surface area contributed by atoms with Crippen LogP contribution in [0.25, 0.3) is 0 Å².